The third-order valence-electron chi connectivity index (χ3n) is 4.93. The topological polar surface area (TPSA) is 108 Å². The number of carbonyl (C=O) groups is 4. The van der Waals surface area contributed by atoms with Gasteiger partial charge in [-0.15, -0.1) is 0 Å². The van der Waals surface area contributed by atoms with Crippen molar-refractivity contribution >= 4 is 29.4 Å². The molecule has 0 atom stereocenters. The van der Waals surface area contributed by atoms with E-state index in [0.717, 1.165) is 4.90 Å². The Kier molecular flexibility index (Phi) is 6.61. The average Bonchev–Trinajstić information content (AvgIpc) is 2.93. The van der Waals surface area contributed by atoms with E-state index in [0.29, 0.717) is 24.3 Å². The van der Waals surface area contributed by atoms with Crippen molar-refractivity contribution in [1.82, 2.24) is 15.1 Å². The predicted molar refractivity (Wildman–Crippen MR) is 103 cm³/mol. The van der Waals surface area contributed by atoms with Crippen molar-refractivity contribution in [3.63, 3.8) is 0 Å². The fraction of sp³-hybridized carbons (Fsp3) is 0.474. The maximum atomic E-state index is 12.6. The molecule has 152 valence electrons. The number of hydrogen-bond acceptors (Lipinski definition) is 5. The normalized spacial score (nSPS) is 15.2. The molecule has 9 heteroatoms. The summed E-state index contributed by atoms with van der Waals surface area (Å²) in [5.41, 5.74) is -0.391. The summed E-state index contributed by atoms with van der Waals surface area (Å²) >= 11 is 0. The molecule has 1 aromatic rings. The predicted octanol–water partition coefficient (Wildman–Crippen LogP) is 1.20. The van der Waals surface area contributed by atoms with Crippen LogP contribution in [0, 0.1) is 0 Å². The van der Waals surface area contributed by atoms with Gasteiger partial charge in [-0.25, -0.2) is 4.79 Å². The molecule has 0 aromatic heterocycles. The van der Waals surface area contributed by atoms with Gasteiger partial charge in [0.2, 0.25) is 11.8 Å². The number of amides is 5. The molecule has 28 heavy (non-hydrogen) atoms. The van der Waals surface area contributed by atoms with Crippen LogP contribution >= 0.6 is 0 Å². The van der Waals surface area contributed by atoms with Crippen LogP contribution in [0.5, 0.6) is 5.75 Å². The number of nitrogens with one attached hydrogen (secondary N) is 2. The maximum Gasteiger partial charge on any atom is 0.325 e. The van der Waals surface area contributed by atoms with Gasteiger partial charge >= 0.3 is 6.03 Å². The number of urea groups is 1. The van der Waals surface area contributed by atoms with Crippen molar-refractivity contribution in [2.75, 3.05) is 32.6 Å². The van der Waals surface area contributed by atoms with E-state index in [9.17, 15) is 19.2 Å². The zero-order chi connectivity index (χ0) is 20.9. The zero-order valence-electron chi connectivity index (χ0n) is 16.6. The summed E-state index contributed by atoms with van der Waals surface area (Å²) in [6.07, 6.45) is 0.887. The first-order valence-corrected chi connectivity index (χ1v) is 9.08. The maximum absolute atomic E-state index is 12.6. The number of nitrogens with zero attached hydrogens (tertiary/aromatic N) is 2. The molecule has 0 unspecified atom stereocenters. The van der Waals surface area contributed by atoms with Crippen LogP contribution in [-0.4, -0.2) is 66.3 Å². The highest BCUT2D eigenvalue weighted by atomic mass is 16.5. The van der Waals surface area contributed by atoms with Crippen LogP contribution in [0.3, 0.4) is 0 Å². The Balaban J connectivity index is 1.92. The van der Waals surface area contributed by atoms with Crippen LogP contribution < -0.4 is 15.4 Å². The number of hydrogen-bond donors (Lipinski definition) is 2. The van der Waals surface area contributed by atoms with Crippen LogP contribution in [0.25, 0.3) is 0 Å². The lowest BCUT2D eigenvalue weighted by atomic mass is 9.93. The third-order valence-corrected chi connectivity index (χ3v) is 4.93. The second-order valence-electron chi connectivity index (χ2n) is 6.64. The highest BCUT2D eigenvalue weighted by Gasteiger charge is 2.49. The molecule has 1 aromatic carbocycles. The summed E-state index contributed by atoms with van der Waals surface area (Å²) in [5.74, 6) is -0.646. The number of rotatable bonds is 8. The second-order valence-corrected chi connectivity index (χ2v) is 6.64. The van der Waals surface area contributed by atoms with E-state index < -0.39 is 35.8 Å². The Hall–Kier alpha value is -3.10. The smallest absolute Gasteiger partial charge is 0.325 e. The summed E-state index contributed by atoms with van der Waals surface area (Å²) < 4.78 is 5.05. The molecule has 0 saturated carbocycles. The highest BCUT2D eigenvalue weighted by Crippen LogP contribution is 2.24. The van der Waals surface area contributed by atoms with Gasteiger partial charge < -0.3 is 20.3 Å². The van der Waals surface area contributed by atoms with Crippen LogP contribution in [0.2, 0.25) is 0 Å². The van der Waals surface area contributed by atoms with Crippen molar-refractivity contribution in [3.05, 3.63) is 24.3 Å². The lowest BCUT2D eigenvalue weighted by Gasteiger charge is -2.24. The van der Waals surface area contributed by atoms with Crippen LogP contribution in [-0.2, 0) is 14.4 Å². The largest absolute Gasteiger partial charge is 0.497 e. The van der Waals surface area contributed by atoms with Gasteiger partial charge in [0.05, 0.1) is 13.7 Å². The van der Waals surface area contributed by atoms with Crippen LogP contribution in [0.1, 0.15) is 26.7 Å². The Bertz CT molecular complexity index is 758. The van der Waals surface area contributed by atoms with Crippen LogP contribution in [0.15, 0.2) is 24.3 Å². The number of likely N-dealkylation sites (N-methyl/N-ethyl adjacent to an activating group) is 1. The molecule has 0 radical (unpaired) electrons. The van der Waals surface area contributed by atoms with Gasteiger partial charge in [-0.1, -0.05) is 13.8 Å². The van der Waals surface area contributed by atoms with Gasteiger partial charge in [-0.05, 0) is 37.1 Å². The molecule has 5 amide bonds. The summed E-state index contributed by atoms with van der Waals surface area (Å²) in [6, 6.07) is 6.19. The summed E-state index contributed by atoms with van der Waals surface area (Å²) in [5, 5.41) is 5.34. The summed E-state index contributed by atoms with van der Waals surface area (Å²) in [6.45, 7) is 3.01. The number of benzene rings is 1. The molecule has 0 bridgehead atoms. The molecule has 1 saturated heterocycles. The zero-order valence-corrected chi connectivity index (χ0v) is 16.6. The molecule has 2 rings (SSSR count). The molecule has 1 aliphatic rings. The van der Waals surface area contributed by atoms with E-state index in [-0.39, 0.29) is 6.54 Å². The fourth-order valence-electron chi connectivity index (χ4n) is 2.98. The van der Waals surface area contributed by atoms with E-state index in [1.165, 1.54) is 11.9 Å². The lowest BCUT2D eigenvalue weighted by Crippen LogP contribution is -2.47. The molecule has 2 N–H and O–H groups in total. The van der Waals surface area contributed by atoms with Gasteiger partial charge in [0, 0.05) is 12.7 Å². The minimum Gasteiger partial charge on any atom is -0.497 e. The van der Waals surface area contributed by atoms with Gasteiger partial charge in [0.25, 0.3) is 5.91 Å². The second kappa shape index (κ2) is 8.73. The quantitative estimate of drug-likeness (QED) is 0.649. The van der Waals surface area contributed by atoms with E-state index in [1.54, 1.807) is 31.4 Å². The molecule has 9 nitrogen and oxygen atoms in total. The van der Waals surface area contributed by atoms with Gasteiger partial charge in [-0.2, -0.15) is 0 Å². The monoisotopic (exact) mass is 390 g/mol. The lowest BCUT2D eigenvalue weighted by molar-refractivity contribution is -0.139. The van der Waals surface area contributed by atoms with Crippen molar-refractivity contribution < 1.29 is 23.9 Å². The van der Waals surface area contributed by atoms with Gasteiger partial charge in [-0.3, -0.25) is 19.3 Å². The molecule has 1 fully saturated rings. The van der Waals surface area contributed by atoms with E-state index in [2.05, 4.69) is 10.6 Å². The van der Waals surface area contributed by atoms with Crippen molar-refractivity contribution in [1.29, 1.82) is 0 Å². The minimum absolute atomic E-state index is 0.207. The first-order valence-electron chi connectivity index (χ1n) is 9.08. The Morgan fingerprint density at radius 3 is 2.29 bits per heavy atom. The molecular formula is C19H26N4O5. The molecular weight excluding hydrogens is 364 g/mol. The highest BCUT2D eigenvalue weighted by molar-refractivity contribution is 6.09. The Morgan fingerprint density at radius 1 is 1.18 bits per heavy atom. The van der Waals surface area contributed by atoms with Gasteiger partial charge in [0.15, 0.2) is 0 Å². The minimum atomic E-state index is -0.957. The van der Waals surface area contributed by atoms with Crippen molar-refractivity contribution in [2.24, 2.45) is 0 Å². The summed E-state index contributed by atoms with van der Waals surface area (Å²) in [4.78, 5) is 51.3. The van der Waals surface area contributed by atoms with Crippen molar-refractivity contribution in [3.8, 4) is 5.75 Å². The first-order chi connectivity index (χ1) is 13.3. The fourth-order valence-corrected chi connectivity index (χ4v) is 2.98. The average molecular weight is 390 g/mol. The van der Waals surface area contributed by atoms with Crippen molar-refractivity contribution in [2.45, 2.75) is 32.2 Å². The molecule has 1 aliphatic heterocycles. The summed E-state index contributed by atoms with van der Waals surface area (Å²) in [7, 11) is 2.99. The molecule has 0 spiro atoms. The molecule has 1 heterocycles. The van der Waals surface area contributed by atoms with E-state index in [1.807, 2.05) is 13.8 Å². The Labute approximate surface area is 164 Å². The standard InChI is InChI=1S/C19H26N4O5/c1-5-19(6-2)17(26)23(18(27)21-19)12-16(25)22(3)11-15(24)20-13-7-9-14(28-4)10-8-13/h7-10H,5-6,11-12H2,1-4H3,(H,20,24)(H,21,27). The van der Waals surface area contributed by atoms with Gasteiger partial charge in [0.1, 0.15) is 17.8 Å². The van der Waals surface area contributed by atoms with E-state index in [4.69, 9.17) is 4.74 Å². The number of carbonyl (C=O) groups excluding carboxylic acids is 4. The number of methoxy groups -OCH3 is 1. The van der Waals surface area contributed by atoms with Crippen LogP contribution in [0.4, 0.5) is 10.5 Å². The molecule has 0 aliphatic carbocycles. The first kappa shape index (κ1) is 21.2. The SMILES string of the molecule is CCC1(CC)NC(=O)N(CC(=O)N(C)CC(=O)Nc2ccc(OC)cc2)C1=O. The van der Waals surface area contributed by atoms with E-state index >= 15 is 0 Å². The number of ether oxygens (including phenoxy) is 1. The third kappa shape index (κ3) is 4.41. The number of imide groups is 1. The number of anilines is 1. The Morgan fingerprint density at radius 2 is 1.79 bits per heavy atom.